The normalized spacial score (nSPS) is 10.3. The van der Waals surface area contributed by atoms with Crippen molar-refractivity contribution in [3.8, 4) is 0 Å². The van der Waals surface area contributed by atoms with Crippen LogP contribution in [0.15, 0.2) is 36.5 Å². The van der Waals surface area contributed by atoms with Crippen molar-refractivity contribution in [3.63, 3.8) is 0 Å². The van der Waals surface area contributed by atoms with E-state index in [4.69, 9.17) is 11.6 Å². The first-order chi connectivity index (χ1) is 9.70. The highest BCUT2D eigenvalue weighted by atomic mass is 35.5. The number of halogens is 1. The second-order valence-electron chi connectivity index (χ2n) is 4.55. The predicted molar refractivity (Wildman–Crippen MR) is 84.6 cm³/mol. The number of nitrogens with one attached hydrogen (secondary N) is 1. The molecule has 0 aliphatic heterocycles. The lowest BCUT2D eigenvalue weighted by Crippen LogP contribution is -2.22. The van der Waals surface area contributed by atoms with Gasteiger partial charge in [-0.3, -0.25) is 0 Å². The fourth-order valence-electron chi connectivity index (χ4n) is 1.92. The molecule has 0 unspecified atom stereocenters. The molecule has 0 spiro atoms. The second kappa shape index (κ2) is 7.10. The molecule has 2 rings (SSSR count). The number of aromatic nitrogens is 2. The number of benzene rings is 1. The minimum absolute atomic E-state index is 0.571. The van der Waals surface area contributed by atoms with Crippen molar-refractivity contribution in [1.29, 1.82) is 0 Å². The highest BCUT2D eigenvalue weighted by molar-refractivity contribution is 6.32. The van der Waals surface area contributed by atoms with Gasteiger partial charge in [-0.15, -0.1) is 0 Å². The van der Waals surface area contributed by atoms with Crippen LogP contribution in [0.1, 0.15) is 12.5 Å². The molecule has 0 fully saturated rings. The Labute approximate surface area is 124 Å². The predicted octanol–water partition coefficient (Wildman–Crippen LogP) is 3.24. The Hall–Kier alpha value is -1.81. The monoisotopic (exact) mass is 290 g/mol. The maximum atomic E-state index is 6.18. The molecule has 1 aromatic carbocycles. The fraction of sp³-hybridized carbons (Fsp3) is 0.333. The van der Waals surface area contributed by atoms with E-state index in [-0.39, 0.29) is 0 Å². The van der Waals surface area contributed by atoms with Gasteiger partial charge in [-0.2, -0.15) is 4.98 Å². The van der Waals surface area contributed by atoms with Crippen molar-refractivity contribution in [3.05, 3.63) is 47.1 Å². The number of hydrogen-bond acceptors (Lipinski definition) is 4. The van der Waals surface area contributed by atoms with Gasteiger partial charge in [-0.1, -0.05) is 41.9 Å². The molecule has 0 bridgehead atoms. The zero-order chi connectivity index (χ0) is 14.4. The third-order valence-electron chi connectivity index (χ3n) is 3.00. The molecule has 0 amide bonds. The first kappa shape index (κ1) is 14.6. The average molecular weight is 291 g/mol. The van der Waals surface area contributed by atoms with Crippen LogP contribution in [0, 0.1) is 0 Å². The Kier molecular flexibility index (Phi) is 5.18. The van der Waals surface area contributed by atoms with Crippen LogP contribution in [-0.2, 0) is 6.42 Å². The molecule has 5 heteroatoms. The summed E-state index contributed by atoms with van der Waals surface area (Å²) >= 11 is 6.18. The van der Waals surface area contributed by atoms with Crippen molar-refractivity contribution in [2.24, 2.45) is 0 Å². The van der Waals surface area contributed by atoms with Crippen LogP contribution >= 0.6 is 11.6 Å². The SMILES string of the molecule is CCNc1ncc(Cl)c(N(C)CCc2ccccc2)n1. The Bertz CT molecular complexity index is 545. The molecular weight excluding hydrogens is 272 g/mol. The molecule has 2 aromatic rings. The van der Waals surface area contributed by atoms with Gasteiger partial charge in [0.05, 0.1) is 6.20 Å². The van der Waals surface area contributed by atoms with E-state index in [2.05, 4.69) is 44.5 Å². The van der Waals surface area contributed by atoms with E-state index in [9.17, 15) is 0 Å². The molecule has 0 atom stereocenters. The number of likely N-dealkylation sites (N-methyl/N-ethyl adjacent to an activating group) is 1. The van der Waals surface area contributed by atoms with Gasteiger partial charge in [0.15, 0.2) is 5.82 Å². The van der Waals surface area contributed by atoms with Gasteiger partial charge in [0.25, 0.3) is 0 Å². The molecule has 1 heterocycles. The van der Waals surface area contributed by atoms with Gasteiger partial charge < -0.3 is 10.2 Å². The third kappa shape index (κ3) is 3.84. The van der Waals surface area contributed by atoms with Crippen LogP contribution < -0.4 is 10.2 Å². The molecule has 1 N–H and O–H groups in total. The van der Waals surface area contributed by atoms with Crippen LogP contribution in [0.3, 0.4) is 0 Å². The van der Waals surface area contributed by atoms with Gasteiger partial charge in [-0.25, -0.2) is 4.98 Å². The Balaban J connectivity index is 2.04. The first-order valence-corrected chi connectivity index (χ1v) is 7.10. The summed E-state index contributed by atoms with van der Waals surface area (Å²) in [6, 6.07) is 10.4. The van der Waals surface area contributed by atoms with Crippen molar-refractivity contribution < 1.29 is 0 Å². The quantitative estimate of drug-likeness (QED) is 0.887. The highest BCUT2D eigenvalue weighted by Gasteiger charge is 2.10. The number of rotatable bonds is 6. The number of hydrogen-bond donors (Lipinski definition) is 1. The van der Waals surface area contributed by atoms with Gasteiger partial charge in [0.1, 0.15) is 5.02 Å². The van der Waals surface area contributed by atoms with Crippen LogP contribution in [0.2, 0.25) is 5.02 Å². The van der Waals surface area contributed by atoms with Gasteiger partial charge in [0.2, 0.25) is 5.95 Å². The maximum Gasteiger partial charge on any atom is 0.224 e. The number of anilines is 2. The zero-order valence-electron chi connectivity index (χ0n) is 11.8. The summed E-state index contributed by atoms with van der Waals surface area (Å²) in [5, 5.41) is 3.67. The standard InChI is InChI=1S/C15H19ClN4/c1-3-17-15-18-11-13(16)14(19-15)20(2)10-9-12-7-5-4-6-8-12/h4-8,11H,3,9-10H2,1-2H3,(H,17,18,19). The van der Waals surface area contributed by atoms with Crippen molar-refractivity contribution >= 4 is 23.4 Å². The van der Waals surface area contributed by atoms with Crippen molar-refractivity contribution in [2.75, 3.05) is 30.4 Å². The van der Waals surface area contributed by atoms with Crippen LogP contribution in [0.5, 0.6) is 0 Å². The topological polar surface area (TPSA) is 41.1 Å². The Morgan fingerprint density at radius 1 is 1.25 bits per heavy atom. The van der Waals surface area contributed by atoms with Gasteiger partial charge in [0, 0.05) is 20.1 Å². The van der Waals surface area contributed by atoms with Gasteiger partial charge in [-0.05, 0) is 18.9 Å². The molecule has 4 nitrogen and oxygen atoms in total. The fourth-order valence-corrected chi connectivity index (χ4v) is 2.15. The molecule has 106 valence electrons. The molecule has 0 radical (unpaired) electrons. The molecule has 0 aliphatic rings. The summed E-state index contributed by atoms with van der Waals surface area (Å²) in [4.78, 5) is 10.6. The van der Waals surface area contributed by atoms with E-state index in [0.29, 0.717) is 11.0 Å². The smallest absolute Gasteiger partial charge is 0.224 e. The maximum absolute atomic E-state index is 6.18. The molecule has 0 saturated carbocycles. The largest absolute Gasteiger partial charge is 0.358 e. The molecule has 20 heavy (non-hydrogen) atoms. The molecular formula is C15H19ClN4. The van der Waals surface area contributed by atoms with Crippen molar-refractivity contribution in [2.45, 2.75) is 13.3 Å². The molecule has 0 aliphatic carbocycles. The minimum atomic E-state index is 0.571. The van der Waals surface area contributed by atoms with E-state index in [0.717, 1.165) is 25.3 Å². The summed E-state index contributed by atoms with van der Waals surface area (Å²) in [5.41, 5.74) is 1.30. The average Bonchev–Trinajstić information content (AvgIpc) is 2.48. The molecule has 0 saturated heterocycles. The highest BCUT2D eigenvalue weighted by Crippen LogP contribution is 2.22. The third-order valence-corrected chi connectivity index (χ3v) is 3.27. The van der Waals surface area contributed by atoms with Crippen LogP contribution in [0.25, 0.3) is 0 Å². The van der Waals surface area contributed by atoms with E-state index in [1.54, 1.807) is 6.20 Å². The second-order valence-corrected chi connectivity index (χ2v) is 4.96. The van der Waals surface area contributed by atoms with E-state index < -0.39 is 0 Å². The Morgan fingerprint density at radius 3 is 2.70 bits per heavy atom. The van der Waals surface area contributed by atoms with E-state index >= 15 is 0 Å². The van der Waals surface area contributed by atoms with Crippen LogP contribution in [0.4, 0.5) is 11.8 Å². The zero-order valence-corrected chi connectivity index (χ0v) is 12.6. The summed E-state index contributed by atoms with van der Waals surface area (Å²) in [6.45, 7) is 3.65. The lowest BCUT2D eigenvalue weighted by molar-refractivity contribution is 0.855. The van der Waals surface area contributed by atoms with Crippen molar-refractivity contribution in [1.82, 2.24) is 9.97 Å². The van der Waals surface area contributed by atoms with E-state index in [1.807, 2.05) is 20.0 Å². The summed E-state index contributed by atoms with van der Waals surface area (Å²) in [7, 11) is 1.99. The lowest BCUT2D eigenvalue weighted by atomic mass is 10.1. The molecule has 1 aromatic heterocycles. The van der Waals surface area contributed by atoms with E-state index in [1.165, 1.54) is 5.56 Å². The Morgan fingerprint density at radius 2 is 2.00 bits per heavy atom. The van der Waals surface area contributed by atoms with Crippen LogP contribution in [-0.4, -0.2) is 30.1 Å². The van der Waals surface area contributed by atoms with Gasteiger partial charge >= 0.3 is 0 Å². The summed E-state index contributed by atoms with van der Waals surface area (Å²) < 4.78 is 0. The summed E-state index contributed by atoms with van der Waals surface area (Å²) in [6.07, 6.45) is 2.59. The number of nitrogens with zero attached hydrogens (tertiary/aromatic N) is 3. The first-order valence-electron chi connectivity index (χ1n) is 6.72. The lowest BCUT2D eigenvalue weighted by Gasteiger charge is -2.19. The minimum Gasteiger partial charge on any atom is -0.358 e. The summed E-state index contributed by atoms with van der Waals surface area (Å²) in [5.74, 6) is 1.37.